The number of imidazole rings is 1. The van der Waals surface area contributed by atoms with E-state index in [1.165, 1.54) is 0 Å². The lowest BCUT2D eigenvalue weighted by molar-refractivity contribution is 0.741. The Bertz CT molecular complexity index is 476. The zero-order chi connectivity index (χ0) is 10.8. The molecule has 0 saturated carbocycles. The number of fused-ring (bicyclic) bond motifs is 1. The first-order valence-corrected chi connectivity index (χ1v) is 5.41. The van der Waals surface area contributed by atoms with Crippen LogP contribution in [0.2, 0.25) is 5.02 Å². The first-order valence-electron chi connectivity index (χ1n) is 5.03. The number of halogens is 1. The Morgan fingerprint density at radius 2 is 2.27 bits per heavy atom. The van der Waals surface area contributed by atoms with Crippen LogP contribution in [0, 0.1) is 0 Å². The number of aromatic nitrogens is 2. The van der Waals surface area contributed by atoms with Gasteiger partial charge in [-0.2, -0.15) is 0 Å². The van der Waals surface area contributed by atoms with Gasteiger partial charge in [-0.1, -0.05) is 11.6 Å². The summed E-state index contributed by atoms with van der Waals surface area (Å²) in [5, 5.41) is 0.746. The standard InChI is InChI=1S/C11H14ClN3/c1-15-10-7-8(12)4-5-9(10)14-11(15)3-2-6-13/h4-5,7H,2-3,6,13H2,1H3. The molecule has 3 nitrogen and oxygen atoms in total. The highest BCUT2D eigenvalue weighted by Gasteiger charge is 2.06. The van der Waals surface area contributed by atoms with E-state index >= 15 is 0 Å². The lowest BCUT2D eigenvalue weighted by Crippen LogP contribution is -2.04. The van der Waals surface area contributed by atoms with Crippen molar-refractivity contribution in [2.24, 2.45) is 12.8 Å². The fraction of sp³-hybridized carbons (Fsp3) is 0.364. The summed E-state index contributed by atoms with van der Waals surface area (Å²) in [7, 11) is 2.01. The van der Waals surface area contributed by atoms with Crippen molar-refractivity contribution >= 4 is 22.6 Å². The van der Waals surface area contributed by atoms with Gasteiger partial charge in [-0.3, -0.25) is 0 Å². The van der Waals surface area contributed by atoms with Crippen molar-refractivity contribution in [2.75, 3.05) is 6.54 Å². The van der Waals surface area contributed by atoms with Crippen LogP contribution in [-0.4, -0.2) is 16.1 Å². The second-order valence-corrected chi connectivity index (χ2v) is 4.05. The molecule has 2 aromatic rings. The van der Waals surface area contributed by atoms with Crippen LogP contribution in [0.1, 0.15) is 12.2 Å². The van der Waals surface area contributed by atoms with Crippen molar-refractivity contribution in [1.29, 1.82) is 0 Å². The van der Waals surface area contributed by atoms with Crippen LogP contribution in [0.5, 0.6) is 0 Å². The van der Waals surface area contributed by atoms with Gasteiger partial charge in [0.1, 0.15) is 5.82 Å². The van der Waals surface area contributed by atoms with Crippen LogP contribution < -0.4 is 5.73 Å². The van der Waals surface area contributed by atoms with E-state index in [4.69, 9.17) is 17.3 Å². The maximum atomic E-state index is 5.94. The monoisotopic (exact) mass is 223 g/mol. The van der Waals surface area contributed by atoms with Gasteiger partial charge in [0, 0.05) is 18.5 Å². The van der Waals surface area contributed by atoms with Crippen LogP contribution in [0.4, 0.5) is 0 Å². The van der Waals surface area contributed by atoms with Gasteiger partial charge >= 0.3 is 0 Å². The maximum Gasteiger partial charge on any atom is 0.109 e. The van der Waals surface area contributed by atoms with Crippen LogP contribution in [0.15, 0.2) is 18.2 Å². The molecular formula is C11H14ClN3. The van der Waals surface area contributed by atoms with Crippen molar-refractivity contribution in [2.45, 2.75) is 12.8 Å². The molecule has 1 aromatic carbocycles. The van der Waals surface area contributed by atoms with E-state index in [0.717, 1.165) is 34.7 Å². The predicted octanol–water partition coefficient (Wildman–Crippen LogP) is 2.12. The maximum absolute atomic E-state index is 5.94. The average molecular weight is 224 g/mol. The minimum Gasteiger partial charge on any atom is -0.331 e. The molecule has 0 amide bonds. The smallest absolute Gasteiger partial charge is 0.109 e. The lowest BCUT2D eigenvalue weighted by atomic mass is 10.3. The molecule has 1 heterocycles. The number of hydrogen-bond acceptors (Lipinski definition) is 2. The molecule has 2 rings (SSSR count). The molecule has 0 fully saturated rings. The SMILES string of the molecule is Cn1c(CCCN)nc2ccc(Cl)cc21. The number of hydrogen-bond donors (Lipinski definition) is 1. The van der Waals surface area contributed by atoms with Crippen molar-refractivity contribution < 1.29 is 0 Å². The van der Waals surface area contributed by atoms with Gasteiger partial charge in [-0.15, -0.1) is 0 Å². The summed E-state index contributed by atoms with van der Waals surface area (Å²) in [4.78, 5) is 4.54. The molecule has 0 aliphatic heterocycles. The highest BCUT2D eigenvalue weighted by atomic mass is 35.5. The number of aryl methyl sites for hydroxylation is 2. The molecule has 0 spiro atoms. The first kappa shape index (κ1) is 10.5. The summed E-state index contributed by atoms with van der Waals surface area (Å²) in [5.41, 5.74) is 7.56. The lowest BCUT2D eigenvalue weighted by Gasteiger charge is -2.00. The van der Waals surface area contributed by atoms with E-state index in [9.17, 15) is 0 Å². The van der Waals surface area contributed by atoms with Crippen molar-refractivity contribution in [3.63, 3.8) is 0 Å². The van der Waals surface area contributed by atoms with E-state index in [-0.39, 0.29) is 0 Å². The Morgan fingerprint density at radius 1 is 1.47 bits per heavy atom. The first-order chi connectivity index (χ1) is 7.22. The second kappa shape index (κ2) is 4.21. The number of rotatable bonds is 3. The van der Waals surface area contributed by atoms with E-state index in [0.29, 0.717) is 6.54 Å². The molecule has 0 radical (unpaired) electrons. The number of nitrogens with two attached hydrogens (primary N) is 1. The molecule has 0 bridgehead atoms. The minimum absolute atomic E-state index is 0.698. The number of nitrogens with zero attached hydrogens (tertiary/aromatic N) is 2. The van der Waals surface area contributed by atoms with Crippen molar-refractivity contribution in [3.05, 3.63) is 29.0 Å². The highest BCUT2D eigenvalue weighted by Crippen LogP contribution is 2.20. The fourth-order valence-corrected chi connectivity index (χ4v) is 1.86. The molecule has 80 valence electrons. The van der Waals surface area contributed by atoms with E-state index < -0.39 is 0 Å². The van der Waals surface area contributed by atoms with E-state index in [1.54, 1.807) is 0 Å². The average Bonchev–Trinajstić information content (AvgIpc) is 2.53. The van der Waals surface area contributed by atoms with Crippen LogP contribution >= 0.6 is 11.6 Å². The van der Waals surface area contributed by atoms with E-state index in [1.807, 2.05) is 25.2 Å². The second-order valence-electron chi connectivity index (χ2n) is 3.61. The highest BCUT2D eigenvalue weighted by molar-refractivity contribution is 6.31. The van der Waals surface area contributed by atoms with Crippen LogP contribution in [-0.2, 0) is 13.5 Å². The Morgan fingerprint density at radius 3 is 3.00 bits per heavy atom. The summed E-state index contributed by atoms with van der Waals surface area (Å²) in [6, 6.07) is 5.75. The Labute approximate surface area is 93.9 Å². The van der Waals surface area contributed by atoms with Crippen LogP contribution in [0.3, 0.4) is 0 Å². The molecule has 1 aromatic heterocycles. The Kier molecular flexibility index (Phi) is 2.93. The van der Waals surface area contributed by atoms with Gasteiger partial charge in [-0.05, 0) is 31.2 Å². The van der Waals surface area contributed by atoms with Gasteiger partial charge in [0.2, 0.25) is 0 Å². The summed E-state index contributed by atoms with van der Waals surface area (Å²) in [6.07, 6.45) is 1.88. The largest absolute Gasteiger partial charge is 0.331 e. The number of benzene rings is 1. The molecule has 0 aliphatic rings. The normalized spacial score (nSPS) is 11.1. The minimum atomic E-state index is 0.698. The zero-order valence-electron chi connectivity index (χ0n) is 8.70. The summed E-state index contributed by atoms with van der Waals surface area (Å²) in [5.74, 6) is 1.07. The summed E-state index contributed by atoms with van der Waals surface area (Å²) >= 11 is 5.94. The van der Waals surface area contributed by atoms with E-state index in [2.05, 4.69) is 9.55 Å². The van der Waals surface area contributed by atoms with Crippen LogP contribution in [0.25, 0.3) is 11.0 Å². The van der Waals surface area contributed by atoms with Crippen molar-refractivity contribution in [3.8, 4) is 0 Å². The summed E-state index contributed by atoms with van der Waals surface area (Å²) < 4.78 is 2.08. The molecule has 0 aliphatic carbocycles. The molecule has 15 heavy (non-hydrogen) atoms. The Balaban J connectivity index is 2.45. The van der Waals surface area contributed by atoms with Crippen molar-refractivity contribution in [1.82, 2.24) is 9.55 Å². The zero-order valence-corrected chi connectivity index (χ0v) is 9.46. The van der Waals surface area contributed by atoms with Gasteiger partial charge in [0.25, 0.3) is 0 Å². The molecular weight excluding hydrogens is 210 g/mol. The van der Waals surface area contributed by atoms with Gasteiger partial charge in [-0.25, -0.2) is 4.98 Å². The molecule has 2 N–H and O–H groups in total. The quantitative estimate of drug-likeness (QED) is 0.866. The van der Waals surface area contributed by atoms with Gasteiger partial charge in [0.05, 0.1) is 11.0 Å². The molecule has 0 saturated heterocycles. The molecule has 0 atom stereocenters. The fourth-order valence-electron chi connectivity index (χ4n) is 1.70. The Hall–Kier alpha value is -1.06. The third-order valence-corrected chi connectivity index (χ3v) is 2.78. The molecule has 0 unspecified atom stereocenters. The van der Waals surface area contributed by atoms with Gasteiger partial charge in [0.15, 0.2) is 0 Å². The summed E-state index contributed by atoms with van der Waals surface area (Å²) in [6.45, 7) is 0.698. The molecule has 4 heteroatoms. The topological polar surface area (TPSA) is 43.8 Å². The predicted molar refractivity (Wildman–Crippen MR) is 63.1 cm³/mol. The third kappa shape index (κ3) is 1.98. The van der Waals surface area contributed by atoms with Gasteiger partial charge < -0.3 is 10.3 Å². The third-order valence-electron chi connectivity index (χ3n) is 2.54.